The first-order chi connectivity index (χ1) is 3.06. The van der Waals surface area contributed by atoms with Crippen LogP contribution in [-0.2, 0) is 4.79 Å². The van der Waals surface area contributed by atoms with Crippen LogP contribution in [-0.4, -0.2) is 8.43 Å². The van der Waals surface area contributed by atoms with Crippen LogP contribution in [0.3, 0.4) is 0 Å². The third-order valence-electron chi connectivity index (χ3n) is 0.273. The zero-order valence-corrected chi connectivity index (χ0v) is 8.01. The average molecular weight is 294 g/mol. The molecule has 1 nitrogen and oxygen atoms in total. The molecule has 0 aliphatic carbocycles. The average Bonchev–Trinajstić information content (AvgIpc) is 1.30. The molecule has 0 aromatic carbocycles. The summed E-state index contributed by atoms with van der Waals surface area (Å²) < 4.78 is -0.436. The van der Waals surface area contributed by atoms with E-state index in [-0.39, 0.29) is 6.42 Å². The van der Waals surface area contributed by atoms with Gasteiger partial charge in [0.1, 0.15) is 2.14 Å². The highest BCUT2D eigenvalue weighted by atomic mass is 80.0. The second-order valence-corrected chi connectivity index (χ2v) is 8.19. The maximum atomic E-state index is 9.61. The lowest BCUT2D eigenvalue weighted by molar-refractivity contribution is 0.553. The van der Waals surface area contributed by atoms with E-state index in [1.165, 1.54) is 0 Å². The van der Waals surface area contributed by atoms with Crippen molar-refractivity contribution in [3.8, 4) is 0 Å². The summed E-state index contributed by atoms with van der Waals surface area (Å²) in [6, 6.07) is 0. The minimum atomic E-state index is -0.436. The second kappa shape index (κ2) is 3.20. The summed E-state index contributed by atoms with van der Waals surface area (Å²) in [6.45, 7) is 0. The van der Waals surface area contributed by atoms with Crippen molar-refractivity contribution < 1.29 is 4.79 Å². The maximum Gasteiger partial charge on any atom is 0.201 e. The van der Waals surface area contributed by atoms with Crippen LogP contribution < -0.4 is 0 Å². The SMILES string of the molecule is O=[C]CC(Br)(Br)Br. The van der Waals surface area contributed by atoms with E-state index in [9.17, 15) is 4.79 Å². The van der Waals surface area contributed by atoms with Gasteiger partial charge in [0.25, 0.3) is 0 Å². The van der Waals surface area contributed by atoms with Gasteiger partial charge in [0, 0.05) is 6.42 Å². The Balaban J connectivity index is 3.34. The van der Waals surface area contributed by atoms with E-state index >= 15 is 0 Å². The smallest absolute Gasteiger partial charge is 0.201 e. The first-order valence-electron chi connectivity index (χ1n) is 1.48. The van der Waals surface area contributed by atoms with Crippen LogP contribution in [0.5, 0.6) is 0 Å². The highest BCUT2D eigenvalue weighted by Crippen LogP contribution is 2.35. The van der Waals surface area contributed by atoms with Crippen LogP contribution in [0, 0.1) is 0 Å². The highest BCUT2D eigenvalue weighted by Gasteiger charge is 2.15. The summed E-state index contributed by atoms with van der Waals surface area (Å²) in [6.07, 6.45) is 2.00. The number of halogens is 3. The van der Waals surface area contributed by atoms with E-state index in [1.54, 1.807) is 6.29 Å². The van der Waals surface area contributed by atoms with Crippen LogP contribution in [0.1, 0.15) is 6.42 Å². The molecule has 0 bridgehead atoms. The monoisotopic (exact) mass is 291 g/mol. The van der Waals surface area contributed by atoms with Crippen molar-refractivity contribution >= 4 is 54.1 Å². The van der Waals surface area contributed by atoms with Crippen LogP contribution in [0.15, 0.2) is 0 Å². The first-order valence-corrected chi connectivity index (χ1v) is 3.86. The summed E-state index contributed by atoms with van der Waals surface area (Å²) in [5, 5.41) is 0. The molecule has 0 aliphatic rings. The van der Waals surface area contributed by atoms with Crippen molar-refractivity contribution in [3.63, 3.8) is 0 Å². The van der Waals surface area contributed by atoms with Gasteiger partial charge in [0.15, 0.2) is 0 Å². The number of hydrogen-bond acceptors (Lipinski definition) is 1. The predicted octanol–water partition coefficient (Wildman–Crippen LogP) is 2.32. The molecule has 0 aromatic rings. The Morgan fingerprint density at radius 3 is 1.86 bits per heavy atom. The predicted molar refractivity (Wildman–Crippen MR) is 39.8 cm³/mol. The topological polar surface area (TPSA) is 17.1 Å². The van der Waals surface area contributed by atoms with Crippen molar-refractivity contribution in [2.24, 2.45) is 0 Å². The minimum absolute atomic E-state index is 0.285. The van der Waals surface area contributed by atoms with Gasteiger partial charge in [0.05, 0.1) is 0 Å². The van der Waals surface area contributed by atoms with Crippen molar-refractivity contribution in [2.75, 3.05) is 0 Å². The molecule has 0 aromatic heterocycles. The standard InChI is InChI=1S/C3H2Br3O/c4-3(5,6)1-2-7/h1H2. The Morgan fingerprint density at radius 1 is 1.43 bits per heavy atom. The fourth-order valence-corrected chi connectivity index (χ4v) is 0.425. The Hall–Kier alpha value is 1.11. The molecule has 0 heterocycles. The van der Waals surface area contributed by atoms with Gasteiger partial charge in [-0.15, -0.1) is 0 Å². The zero-order valence-electron chi connectivity index (χ0n) is 3.25. The van der Waals surface area contributed by atoms with E-state index in [0.29, 0.717) is 0 Å². The van der Waals surface area contributed by atoms with Gasteiger partial charge in [-0.1, -0.05) is 47.8 Å². The van der Waals surface area contributed by atoms with Crippen LogP contribution in [0.4, 0.5) is 0 Å². The largest absolute Gasteiger partial charge is 0.291 e. The van der Waals surface area contributed by atoms with Gasteiger partial charge in [-0.05, 0) is 0 Å². The van der Waals surface area contributed by atoms with E-state index in [2.05, 4.69) is 47.8 Å². The molecule has 0 spiro atoms. The van der Waals surface area contributed by atoms with Gasteiger partial charge in [0.2, 0.25) is 6.29 Å². The first kappa shape index (κ1) is 8.11. The molecule has 0 saturated heterocycles. The fraction of sp³-hybridized carbons (Fsp3) is 0.667. The molecule has 41 valence electrons. The summed E-state index contributed by atoms with van der Waals surface area (Å²) in [5.74, 6) is 0. The molecule has 0 N–H and O–H groups in total. The summed E-state index contributed by atoms with van der Waals surface area (Å²) in [4.78, 5) is 9.61. The Kier molecular flexibility index (Phi) is 3.71. The molecular weight excluding hydrogens is 292 g/mol. The minimum Gasteiger partial charge on any atom is -0.291 e. The summed E-state index contributed by atoms with van der Waals surface area (Å²) in [7, 11) is 0. The number of hydrogen-bond donors (Lipinski definition) is 0. The molecule has 7 heavy (non-hydrogen) atoms. The molecule has 0 amide bonds. The van der Waals surface area contributed by atoms with E-state index in [4.69, 9.17) is 0 Å². The number of alkyl halides is 3. The summed E-state index contributed by atoms with van der Waals surface area (Å²) >= 11 is 9.33. The Morgan fingerprint density at radius 2 is 1.86 bits per heavy atom. The van der Waals surface area contributed by atoms with Gasteiger partial charge in [-0.3, -0.25) is 4.79 Å². The lowest BCUT2D eigenvalue weighted by Crippen LogP contribution is -1.97. The Labute approximate surface area is 67.2 Å². The maximum absolute atomic E-state index is 9.61. The molecule has 0 rings (SSSR count). The lowest BCUT2D eigenvalue weighted by atomic mass is 10.6. The molecule has 0 fully saturated rings. The molecule has 1 radical (unpaired) electrons. The highest BCUT2D eigenvalue weighted by molar-refractivity contribution is 9.39. The van der Waals surface area contributed by atoms with E-state index in [0.717, 1.165) is 0 Å². The van der Waals surface area contributed by atoms with Crippen molar-refractivity contribution in [2.45, 2.75) is 8.56 Å². The van der Waals surface area contributed by atoms with Crippen LogP contribution in [0.25, 0.3) is 0 Å². The zero-order chi connectivity index (χ0) is 5.91. The summed E-state index contributed by atoms with van der Waals surface area (Å²) in [5.41, 5.74) is 0. The van der Waals surface area contributed by atoms with Gasteiger partial charge >= 0.3 is 0 Å². The van der Waals surface area contributed by atoms with Crippen molar-refractivity contribution in [1.29, 1.82) is 0 Å². The number of rotatable bonds is 1. The molecule has 0 aliphatic heterocycles. The molecule has 0 atom stereocenters. The molecular formula is C3H2Br3O. The van der Waals surface area contributed by atoms with E-state index < -0.39 is 2.14 Å². The lowest BCUT2D eigenvalue weighted by Gasteiger charge is -2.02. The van der Waals surface area contributed by atoms with Crippen LogP contribution >= 0.6 is 47.8 Å². The van der Waals surface area contributed by atoms with E-state index in [1.807, 2.05) is 0 Å². The normalized spacial score (nSPS) is 11.3. The molecule has 0 unspecified atom stereocenters. The van der Waals surface area contributed by atoms with Gasteiger partial charge in [-0.25, -0.2) is 0 Å². The fourth-order valence-electron chi connectivity index (χ4n) is 0.0818. The van der Waals surface area contributed by atoms with Crippen LogP contribution in [0.2, 0.25) is 0 Å². The quantitative estimate of drug-likeness (QED) is 0.678. The second-order valence-electron chi connectivity index (χ2n) is 0.936. The van der Waals surface area contributed by atoms with Crippen molar-refractivity contribution in [3.05, 3.63) is 0 Å². The van der Waals surface area contributed by atoms with Gasteiger partial charge < -0.3 is 0 Å². The van der Waals surface area contributed by atoms with Crippen molar-refractivity contribution in [1.82, 2.24) is 0 Å². The third-order valence-corrected chi connectivity index (χ3v) is 1.11. The molecule has 0 saturated carbocycles. The third kappa shape index (κ3) is 7.11. The number of carbonyl (C=O) groups excluding carboxylic acids is 1. The molecule has 4 heteroatoms. The van der Waals surface area contributed by atoms with Gasteiger partial charge in [-0.2, -0.15) is 0 Å². The Bertz CT molecular complexity index is 65.1.